The van der Waals surface area contributed by atoms with Crippen molar-refractivity contribution in [2.45, 2.75) is 43.9 Å². The van der Waals surface area contributed by atoms with Crippen molar-refractivity contribution >= 4 is 38.2 Å². The van der Waals surface area contributed by atoms with Crippen LogP contribution in [-0.2, 0) is 22.9 Å². The standard InChI is InChI=1S/C23H25N5O4S2/c1-15-4-9-19-18(14-15)20(21(26)29)23(33-19)27-22(30)16-5-7-17(8-6-16)34(31,32)28(12-2-10-24)13-3-11-25/h5-8,15H,2-4,9,12-14H2,1H3,(H2,26,29)(H,27,30)/t15-/m0/s1. The highest BCUT2D eigenvalue weighted by Gasteiger charge is 2.28. The summed E-state index contributed by atoms with van der Waals surface area (Å²) in [6.07, 6.45) is 2.57. The number of hydrogen-bond acceptors (Lipinski definition) is 7. The van der Waals surface area contributed by atoms with Gasteiger partial charge in [-0.05, 0) is 55.0 Å². The maximum Gasteiger partial charge on any atom is 0.256 e. The zero-order valence-corrected chi connectivity index (χ0v) is 20.3. The molecular formula is C23H25N5O4S2. The van der Waals surface area contributed by atoms with Crippen molar-refractivity contribution in [2.75, 3.05) is 18.4 Å². The van der Waals surface area contributed by atoms with E-state index < -0.39 is 21.8 Å². The average Bonchev–Trinajstić information content (AvgIpc) is 3.16. The number of thiophene rings is 1. The zero-order valence-electron chi connectivity index (χ0n) is 18.7. The first-order valence-electron chi connectivity index (χ1n) is 10.8. The van der Waals surface area contributed by atoms with Gasteiger partial charge in [-0.1, -0.05) is 6.92 Å². The van der Waals surface area contributed by atoms with Gasteiger partial charge in [0.25, 0.3) is 11.8 Å². The molecule has 0 saturated carbocycles. The summed E-state index contributed by atoms with van der Waals surface area (Å²) < 4.78 is 27.0. The summed E-state index contributed by atoms with van der Waals surface area (Å²) in [5.74, 6) is -0.638. The van der Waals surface area contributed by atoms with E-state index in [0.717, 1.165) is 34.0 Å². The predicted molar refractivity (Wildman–Crippen MR) is 128 cm³/mol. The molecule has 1 heterocycles. The summed E-state index contributed by atoms with van der Waals surface area (Å²) in [5, 5.41) is 20.8. The van der Waals surface area contributed by atoms with Crippen LogP contribution in [0.4, 0.5) is 5.00 Å². The van der Waals surface area contributed by atoms with Crippen LogP contribution in [0.5, 0.6) is 0 Å². The van der Waals surface area contributed by atoms with Crippen molar-refractivity contribution in [2.24, 2.45) is 11.7 Å². The number of anilines is 1. The number of sulfonamides is 1. The van der Waals surface area contributed by atoms with Crippen LogP contribution >= 0.6 is 11.3 Å². The maximum atomic E-state index is 12.9. The molecule has 0 unspecified atom stereocenters. The van der Waals surface area contributed by atoms with E-state index in [4.69, 9.17) is 16.3 Å². The molecule has 11 heteroatoms. The highest BCUT2D eigenvalue weighted by atomic mass is 32.2. The number of aryl methyl sites for hydroxylation is 1. The van der Waals surface area contributed by atoms with E-state index >= 15 is 0 Å². The Balaban J connectivity index is 1.81. The molecule has 34 heavy (non-hydrogen) atoms. The molecule has 1 aromatic heterocycles. The second kappa shape index (κ2) is 10.8. The largest absolute Gasteiger partial charge is 0.365 e. The number of primary amides is 1. The molecule has 178 valence electrons. The normalized spacial score (nSPS) is 15.2. The Morgan fingerprint density at radius 1 is 1.18 bits per heavy atom. The summed E-state index contributed by atoms with van der Waals surface area (Å²) in [4.78, 5) is 26.0. The topological polar surface area (TPSA) is 157 Å². The number of rotatable bonds is 9. The lowest BCUT2D eigenvalue weighted by Gasteiger charge is -2.20. The summed E-state index contributed by atoms with van der Waals surface area (Å²) in [6, 6.07) is 9.20. The minimum absolute atomic E-state index is 0.00306. The number of fused-ring (bicyclic) bond motifs is 1. The molecule has 1 atom stereocenters. The van der Waals surface area contributed by atoms with Crippen LogP contribution in [0, 0.1) is 28.6 Å². The number of nitriles is 2. The van der Waals surface area contributed by atoms with Crippen molar-refractivity contribution in [3.8, 4) is 12.1 Å². The molecule has 9 nitrogen and oxygen atoms in total. The summed E-state index contributed by atoms with van der Waals surface area (Å²) in [5.41, 5.74) is 7.09. The van der Waals surface area contributed by atoms with Crippen molar-refractivity contribution in [3.63, 3.8) is 0 Å². The number of carbonyl (C=O) groups excluding carboxylic acids is 2. The lowest BCUT2D eigenvalue weighted by atomic mass is 9.87. The number of hydrogen-bond donors (Lipinski definition) is 2. The molecule has 3 N–H and O–H groups in total. The molecule has 1 aliphatic carbocycles. The van der Waals surface area contributed by atoms with Crippen molar-refractivity contribution < 1.29 is 18.0 Å². The van der Waals surface area contributed by atoms with Crippen LogP contribution in [-0.4, -0.2) is 37.6 Å². The molecule has 1 aliphatic rings. The van der Waals surface area contributed by atoms with Crippen molar-refractivity contribution in [3.05, 3.63) is 45.8 Å². The van der Waals surface area contributed by atoms with E-state index in [9.17, 15) is 18.0 Å². The van der Waals surface area contributed by atoms with Crippen LogP contribution in [0.25, 0.3) is 0 Å². The van der Waals surface area contributed by atoms with E-state index in [1.807, 2.05) is 12.1 Å². The van der Waals surface area contributed by atoms with Gasteiger partial charge in [-0.3, -0.25) is 9.59 Å². The Hall–Kier alpha value is -3.25. The fourth-order valence-corrected chi connectivity index (χ4v) is 6.60. The van der Waals surface area contributed by atoms with Crippen LogP contribution in [0.1, 0.15) is 57.3 Å². The van der Waals surface area contributed by atoms with Crippen LogP contribution in [0.15, 0.2) is 29.2 Å². The molecule has 0 aliphatic heterocycles. The third-order valence-corrected chi connectivity index (χ3v) is 8.80. The predicted octanol–water partition coefficient (Wildman–Crippen LogP) is 3.04. The average molecular weight is 500 g/mol. The van der Waals surface area contributed by atoms with E-state index in [-0.39, 0.29) is 36.4 Å². The molecule has 3 rings (SSSR count). The van der Waals surface area contributed by atoms with Gasteiger partial charge in [-0.25, -0.2) is 8.42 Å². The van der Waals surface area contributed by atoms with E-state index in [1.54, 1.807) is 0 Å². The van der Waals surface area contributed by atoms with Gasteiger partial charge in [-0.2, -0.15) is 14.8 Å². The van der Waals surface area contributed by atoms with Crippen molar-refractivity contribution in [1.82, 2.24) is 4.31 Å². The second-order valence-corrected chi connectivity index (χ2v) is 11.2. The van der Waals surface area contributed by atoms with Gasteiger partial charge in [0.1, 0.15) is 5.00 Å². The Morgan fingerprint density at radius 3 is 2.35 bits per heavy atom. The number of amides is 2. The fraction of sp³-hybridized carbons (Fsp3) is 0.391. The molecule has 0 saturated heterocycles. The van der Waals surface area contributed by atoms with Gasteiger partial charge in [-0.15, -0.1) is 11.3 Å². The Kier molecular flexibility index (Phi) is 8.05. The van der Waals surface area contributed by atoms with Gasteiger partial charge < -0.3 is 11.1 Å². The third-order valence-electron chi connectivity index (χ3n) is 5.68. The van der Waals surface area contributed by atoms with Crippen molar-refractivity contribution in [1.29, 1.82) is 10.5 Å². The van der Waals surface area contributed by atoms with Gasteiger partial charge in [0.05, 0.1) is 22.6 Å². The van der Waals surface area contributed by atoms with Gasteiger partial charge in [0.2, 0.25) is 10.0 Å². The molecule has 0 bridgehead atoms. The molecule has 0 fully saturated rings. The maximum absolute atomic E-state index is 12.9. The lowest BCUT2D eigenvalue weighted by Crippen LogP contribution is -2.32. The smallest absolute Gasteiger partial charge is 0.256 e. The third kappa shape index (κ3) is 5.45. The minimum atomic E-state index is -3.93. The van der Waals surface area contributed by atoms with E-state index in [1.165, 1.54) is 35.6 Å². The minimum Gasteiger partial charge on any atom is -0.365 e. The molecular weight excluding hydrogens is 474 g/mol. The Bertz CT molecular complexity index is 1250. The first kappa shape index (κ1) is 25.4. The van der Waals surface area contributed by atoms with Crippen LogP contribution < -0.4 is 11.1 Å². The fourth-order valence-electron chi connectivity index (χ4n) is 3.91. The summed E-state index contributed by atoms with van der Waals surface area (Å²) in [7, 11) is -3.93. The zero-order chi connectivity index (χ0) is 24.9. The highest BCUT2D eigenvalue weighted by Crippen LogP contribution is 2.39. The molecule has 2 amide bonds. The molecule has 0 spiro atoms. The van der Waals surface area contributed by atoms with E-state index in [0.29, 0.717) is 16.5 Å². The highest BCUT2D eigenvalue weighted by molar-refractivity contribution is 7.89. The summed E-state index contributed by atoms with van der Waals surface area (Å²) >= 11 is 1.35. The SMILES string of the molecule is C[C@H]1CCc2sc(NC(=O)c3ccc(S(=O)(=O)N(CCC#N)CCC#N)cc3)c(C(N)=O)c2C1. The number of benzene rings is 1. The summed E-state index contributed by atoms with van der Waals surface area (Å²) in [6.45, 7) is 2.06. The van der Waals surface area contributed by atoms with E-state index in [2.05, 4.69) is 12.2 Å². The number of nitrogens with one attached hydrogen (secondary N) is 1. The number of carbonyl (C=O) groups is 2. The second-order valence-electron chi connectivity index (χ2n) is 8.12. The molecule has 2 aromatic rings. The van der Waals surface area contributed by atoms with Gasteiger partial charge >= 0.3 is 0 Å². The van der Waals surface area contributed by atoms with Crippen LogP contribution in [0.2, 0.25) is 0 Å². The quantitative estimate of drug-likeness (QED) is 0.540. The Labute approximate surface area is 202 Å². The van der Waals surface area contributed by atoms with Gasteiger partial charge in [0.15, 0.2) is 0 Å². The Morgan fingerprint density at radius 2 is 1.79 bits per heavy atom. The first-order valence-corrected chi connectivity index (χ1v) is 13.0. The number of nitrogens with two attached hydrogens (primary N) is 1. The molecule has 1 aromatic carbocycles. The number of nitrogens with zero attached hydrogens (tertiary/aromatic N) is 3. The van der Waals surface area contributed by atoms with Gasteiger partial charge in [0, 0.05) is 36.4 Å². The first-order chi connectivity index (χ1) is 16.2. The lowest BCUT2D eigenvalue weighted by molar-refractivity contribution is 0.1000. The molecule has 0 radical (unpaired) electrons. The van der Waals surface area contributed by atoms with Crippen LogP contribution in [0.3, 0.4) is 0 Å². The monoisotopic (exact) mass is 499 g/mol.